The number of carbonyl (C=O) groups is 2. The van der Waals surface area contributed by atoms with Gasteiger partial charge in [0.15, 0.2) is 0 Å². The van der Waals surface area contributed by atoms with Gasteiger partial charge in [-0.3, -0.25) is 9.59 Å². The summed E-state index contributed by atoms with van der Waals surface area (Å²) in [7, 11) is 0. The molecule has 1 heterocycles. The first-order valence-corrected chi connectivity index (χ1v) is 9.90. The highest BCUT2D eigenvalue weighted by atomic mass is 16.2. The Balaban J connectivity index is 1.77. The predicted molar refractivity (Wildman–Crippen MR) is 104 cm³/mol. The number of benzene rings is 1. The Morgan fingerprint density at radius 1 is 0.885 bits per heavy atom. The van der Waals surface area contributed by atoms with Crippen LogP contribution in [0, 0.1) is 6.92 Å². The Morgan fingerprint density at radius 2 is 1.50 bits per heavy atom. The molecule has 3 rings (SSSR count). The minimum absolute atomic E-state index is 0.101. The van der Waals surface area contributed by atoms with Gasteiger partial charge in [0, 0.05) is 38.8 Å². The highest BCUT2D eigenvalue weighted by Gasteiger charge is 2.42. The first-order valence-electron chi connectivity index (χ1n) is 9.90. The molecule has 0 bridgehead atoms. The second kappa shape index (κ2) is 8.11. The van der Waals surface area contributed by atoms with Crippen LogP contribution in [0.2, 0.25) is 0 Å². The van der Waals surface area contributed by atoms with E-state index < -0.39 is 5.54 Å². The Bertz CT molecular complexity index is 635. The smallest absolute Gasteiger partial charge is 0.248 e. The maximum absolute atomic E-state index is 13.5. The van der Waals surface area contributed by atoms with Crippen LogP contribution < -0.4 is 5.32 Å². The highest BCUT2D eigenvalue weighted by Crippen LogP contribution is 2.34. The lowest BCUT2D eigenvalue weighted by Crippen LogP contribution is -2.55. The van der Waals surface area contributed by atoms with Crippen LogP contribution in [-0.4, -0.2) is 53.3 Å². The zero-order valence-electron chi connectivity index (χ0n) is 16.1. The Morgan fingerprint density at radius 3 is 2.15 bits per heavy atom. The SMILES string of the molecule is CC(=O)N1CCCN(C(=O)C2(Nc3ccc(C)cc3)CCCCC2)CC1. The van der Waals surface area contributed by atoms with Gasteiger partial charge in [-0.2, -0.15) is 0 Å². The van der Waals surface area contributed by atoms with Gasteiger partial charge in [0.25, 0.3) is 0 Å². The van der Waals surface area contributed by atoms with Crippen molar-refractivity contribution >= 4 is 17.5 Å². The summed E-state index contributed by atoms with van der Waals surface area (Å²) in [6.07, 6.45) is 5.98. The summed E-state index contributed by atoms with van der Waals surface area (Å²) >= 11 is 0. The lowest BCUT2D eigenvalue weighted by molar-refractivity contribution is -0.137. The van der Waals surface area contributed by atoms with E-state index in [4.69, 9.17) is 0 Å². The largest absolute Gasteiger partial charge is 0.371 e. The highest BCUT2D eigenvalue weighted by molar-refractivity contribution is 5.89. The number of nitrogens with one attached hydrogen (secondary N) is 1. The molecule has 1 N–H and O–H groups in total. The monoisotopic (exact) mass is 357 g/mol. The molecule has 2 fully saturated rings. The molecular formula is C21H31N3O2. The fraction of sp³-hybridized carbons (Fsp3) is 0.619. The quantitative estimate of drug-likeness (QED) is 0.904. The summed E-state index contributed by atoms with van der Waals surface area (Å²) in [5, 5.41) is 3.60. The van der Waals surface area contributed by atoms with E-state index in [9.17, 15) is 9.59 Å². The van der Waals surface area contributed by atoms with Gasteiger partial charge < -0.3 is 15.1 Å². The number of rotatable bonds is 3. The first-order chi connectivity index (χ1) is 12.5. The molecule has 142 valence electrons. The number of hydrogen-bond donors (Lipinski definition) is 1. The molecule has 0 atom stereocenters. The van der Waals surface area contributed by atoms with E-state index >= 15 is 0 Å². The van der Waals surface area contributed by atoms with Gasteiger partial charge in [0.05, 0.1) is 0 Å². The minimum Gasteiger partial charge on any atom is -0.371 e. The van der Waals surface area contributed by atoms with Crippen LogP contribution >= 0.6 is 0 Å². The predicted octanol–water partition coefficient (Wildman–Crippen LogP) is 3.19. The van der Waals surface area contributed by atoms with E-state index in [1.165, 1.54) is 12.0 Å². The number of amides is 2. The third-order valence-electron chi connectivity index (χ3n) is 5.78. The van der Waals surface area contributed by atoms with Crippen molar-refractivity contribution in [3.63, 3.8) is 0 Å². The van der Waals surface area contributed by atoms with Crippen LogP contribution in [0.25, 0.3) is 0 Å². The minimum atomic E-state index is -0.501. The van der Waals surface area contributed by atoms with E-state index in [0.29, 0.717) is 13.1 Å². The van der Waals surface area contributed by atoms with E-state index in [-0.39, 0.29) is 11.8 Å². The van der Waals surface area contributed by atoms with Crippen molar-refractivity contribution in [1.82, 2.24) is 9.80 Å². The van der Waals surface area contributed by atoms with E-state index in [0.717, 1.165) is 50.9 Å². The summed E-state index contributed by atoms with van der Waals surface area (Å²) in [6, 6.07) is 8.30. The topological polar surface area (TPSA) is 52.7 Å². The number of carbonyl (C=O) groups excluding carboxylic acids is 2. The fourth-order valence-electron chi connectivity index (χ4n) is 4.20. The normalized spacial score (nSPS) is 20.4. The number of hydrogen-bond acceptors (Lipinski definition) is 3. The van der Waals surface area contributed by atoms with Crippen molar-refractivity contribution < 1.29 is 9.59 Å². The standard InChI is InChI=1S/C21H31N3O2/c1-17-7-9-19(10-8-17)22-21(11-4-3-5-12-21)20(26)24-14-6-13-23(15-16-24)18(2)25/h7-10,22H,3-6,11-16H2,1-2H3. The molecule has 5 heteroatoms. The number of aryl methyl sites for hydroxylation is 1. The van der Waals surface area contributed by atoms with Crippen LogP contribution in [0.4, 0.5) is 5.69 Å². The van der Waals surface area contributed by atoms with Crippen molar-refractivity contribution in [2.75, 3.05) is 31.5 Å². The third-order valence-corrected chi connectivity index (χ3v) is 5.78. The van der Waals surface area contributed by atoms with Gasteiger partial charge in [-0.1, -0.05) is 37.0 Å². The average Bonchev–Trinajstić information content (AvgIpc) is 2.90. The molecule has 0 spiro atoms. The molecule has 26 heavy (non-hydrogen) atoms. The average molecular weight is 357 g/mol. The molecule has 0 unspecified atom stereocenters. The molecule has 2 aliphatic rings. The molecule has 0 aromatic heterocycles. The summed E-state index contributed by atoms with van der Waals surface area (Å²) in [5.41, 5.74) is 1.74. The Kier molecular flexibility index (Phi) is 5.84. The second-order valence-corrected chi connectivity index (χ2v) is 7.79. The van der Waals surface area contributed by atoms with Crippen LogP contribution in [0.3, 0.4) is 0 Å². The van der Waals surface area contributed by atoms with Crippen molar-refractivity contribution in [2.24, 2.45) is 0 Å². The van der Waals surface area contributed by atoms with Crippen molar-refractivity contribution in [3.8, 4) is 0 Å². The summed E-state index contributed by atoms with van der Waals surface area (Å²) in [4.78, 5) is 29.0. The zero-order chi connectivity index (χ0) is 18.6. The van der Waals surface area contributed by atoms with Crippen molar-refractivity contribution in [2.45, 2.75) is 57.9 Å². The molecule has 1 aromatic rings. The van der Waals surface area contributed by atoms with Crippen LogP contribution in [0.15, 0.2) is 24.3 Å². The molecule has 5 nitrogen and oxygen atoms in total. The molecule has 1 aromatic carbocycles. The van der Waals surface area contributed by atoms with E-state index in [1.54, 1.807) is 6.92 Å². The molecule has 1 saturated heterocycles. The van der Waals surface area contributed by atoms with Crippen molar-refractivity contribution in [3.05, 3.63) is 29.8 Å². The summed E-state index contributed by atoms with van der Waals surface area (Å²) in [5.74, 6) is 0.313. The zero-order valence-corrected chi connectivity index (χ0v) is 16.1. The maximum atomic E-state index is 13.5. The van der Waals surface area contributed by atoms with E-state index in [2.05, 4.69) is 36.5 Å². The van der Waals surface area contributed by atoms with E-state index in [1.807, 2.05) is 9.80 Å². The fourth-order valence-corrected chi connectivity index (χ4v) is 4.20. The van der Waals surface area contributed by atoms with Crippen molar-refractivity contribution in [1.29, 1.82) is 0 Å². The summed E-state index contributed by atoms with van der Waals surface area (Å²) in [6.45, 7) is 6.44. The van der Waals surface area contributed by atoms with Gasteiger partial charge in [0.1, 0.15) is 5.54 Å². The van der Waals surface area contributed by atoms with Gasteiger partial charge in [0.2, 0.25) is 11.8 Å². The molecule has 1 aliphatic carbocycles. The van der Waals surface area contributed by atoms with Gasteiger partial charge in [-0.15, -0.1) is 0 Å². The van der Waals surface area contributed by atoms with Crippen LogP contribution in [0.1, 0.15) is 51.0 Å². The Hall–Kier alpha value is -2.04. The Labute approximate surface area is 156 Å². The molecule has 1 aliphatic heterocycles. The van der Waals surface area contributed by atoms with Gasteiger partial charge in [-0.05, 0) is 38.3 Å². The van der Waals surface area contributed by atoms with Crippen LogP contribution in [-0.2, 0) is 9.59 Å². The van der Waals surface area contributed by atoms with Gasteiger partial charge in [-0.25, -0.2) is 0 Å². The van der Waals surface area contributed by atoms with Gasteiger partial charge >= 0.3 is 0 Å². The maximum Gasteiger partial charge on any atom is 0.248 e. The van der Waals surface area contributed by atoms with Crippen LogP contribution in [0.5, 0.6) is 0 Å². The second-order valence-electron chi connectivity index (χ2n) is 7.79. The lowest BCUT2D eigenvalue weighted by atomic mass is 9.80. The molecule has 0 radical (unpaired) electrons. The third kappa shape index (κ3) is 4.19. The molecular weight excluding hydrogens is 326 g/mol. The lowest BCUT2D eigenvalue weighted by Gasteiger charge is -2.41. The number of nitrogens with zero attached hydrogens (tertiary/aromatic N) is 2. The molecule has 2 amide bonds. The molecule has 1 saturated carbocycles. The number of anilines is 1. The summed E-state index contributed by atoms with van der Waals surface area (Å²) < 4.78 is 0. The first kappa shape index (κ1) is 18.7.